The summed E-state index contributed by atoms with van der Waals surface area (Å²) >= 11 is 0. The lowest BCUT2D eigenvalue weighted by molar-refractivity contribution is 0.101. The minimum Gasteiger partial charge on any atom is -0.324 e. The van der Waals surface area contributed by atoms with Gasteiger partial charge in [0, 0.05) is 7.05 Å². The molecule has 1 aromatic carbocycles. The Morgan fingerprint density at radius 3 is 2.69 bits per heavy atom. The topological polar surface area (TPSA) is 34.9 Å². The van der Waals surface area contributed by atoms with Gasteiger partial charge in [-0.15, -0.1) is 0 Å². The van der Waals surface area contributed by atoms with Crippen LogP contribution >= 0.6 is 0 Å². The van der Waals surface area contributed by atoms with Gasteiger partial charge in [0.1, 0.15) is 0 Å². The molecule has 0 saturated heterocycles. The van der Waals surface area contributed by atoms with Crippen LogP contribution in [-0.2, 0) is 17.9 Å². The van der Waals surface area contributed by atoms with E-state index in [-0.39, 0.29) is 16.7 Å². The summed E-state index contributed by atoms with van der Waals surface area (Å²) in [5.74, 6) is 1.28. The summed E-state index contributed by atoms with van der Waals surface area (Å²) in [7, 11) is 2.02. The van der Waals surface area contributed by atoms with Gasteiger partial charge in [0.25, 0.3) is 0 Å². The molecule has 0 saturated carbocycles. The van der Waals surface area contributed by atoms with Crippen molar-refractivity contribution in [3.63, 3.8) is 0 Å². The molecule has 0 bridgehead atoms. The Kier molecular flexibility index (Phi) is 3.01. The number of rotatable bonds is 3. The highest BCUT2D eigenvalue weighted by atomic mass is 32.2. The Labute approximate surface area is 97.8 Å². The molecular formula is C12H15N2OS+. The summed E-state index contributed by atoms with van der Waals surface area (Å²) in [6.07, 6.45) is 4.14. The molecule has 1 aromatic heterocycles. The summed E-state index contributed by atoms with van der Waals surface area (Å²) in [5, 5.41) is 0. The van der Waals surface area contributed by atoms with E-state index in [0.717, 1.165) is 11.0 Å². The van der Waals surface area contributed by atoms with Gasteiger partial charge in [0.15, 0.2) is 11.6 Å². The number of para-hydroxylation sites is 2. The van der Waals surface area contributed by atoms with E-state index < -0.39 is 0 Å². The highest BCUT2D eigenvalue weighted by molar-refractivity contribution is 7.96. The summed E-state index contributed by atoms with van der Waals surface area (Å²) in [6.45, 7) is 0. The minimum absolute atomic E-state index is 0.121. The third-order valence-electron chi connectivity index (χ3n) is 2.46. The molecule has 2 rings (SSSR count). The third-order valence-corrected chi connectivity index (χ3v) is 3.30. The molecule has 1 heterocycles. The van der Waals surface area contributed by atoms with Gasteiger partial charge in [0.2, 0.25) is 5.78 Å². The Morgan fingerprint density at radius 1 is 1.38 bits per heavy atom. The lowest BCUT2D eigenvalue weighted by Gasteiger charge is -1.99. The average molecular weight is 235 g/mol. The van der Waals surface area contributed by atoms with Crippen molar-refractivity contribution in [1.29, 1.82) is 0 Å². The van der Waals surface area contributed by atoms with Gasteiger partial charge in [-0.3, -0.25) is 4.79 Å². The molecule has 0 N–H and O–H groups in total. The molecule has 0 unspecified atom stereocenters. The maximum absolute atomic E-state index is 12.0. The zero-order valence-corrected chi connectivity index (χ0v) is 10.5. The predicted octanol–water partition coefficient (Wildman–Crippen LogP) is 1.63. The molecule has 2 aromatic rings. The van der Waals surface area contributed by atoms with Crippen LogP contribution in [0.3, 0.4) is 0 Å². The number of carbonyl (C=O) groups is 1. The number of aromatic nitrogens is 2. The van der Waals surface area contributed by atoms with Crippen LogP contribution in [0, 0.1) is 0 Å². The van der Waals surface area contributed by atoms with E-state index >= 15 is 0 Å². The molecule has 0 spiro atoms. The van der Waals surface area contributed by atoms with Crippen LogP contribution < -0.4 is 0 Å². The molecule has 0 fully saturated rings. The number of nitrogens with zero attached hydrogens (tertiary/aromatic N) is 2. The van der Waals surface area contributed by atoms with Crippen molar-refractivity contribution in [1.82, 2.24) is 9.55 Å². The van der Waals surface area contributed by atoms with Crippen molar-refractivity contribution < 1.29 is 4.79 Å². The summed E-state index contributed by atoms with van der Waals surface area (Å²) in [5.41, 5.74) is 1.90. The number of carbonyl (C=O) groups excluding carboxylic acids is 1. The van der Waals surface area contributed by atoms with E-state index in [0.29, 0.717) is 11.6 Å². The second kappa shape index (κ2) is 4.29. The van der Waals surface area contributed by atoms with E-state index in [1.165, 1.54) is 0 Å². The fraction of sp³-hybridized carbons (Fsp3) is 0.333. The van der Waals surface area contributed by atoms with Gasteiger partial charge >= 0.3 is 0 Å². The number of imidazole rings is 1. The number of ketones is 1. The van der Waals surface area contributed by atoms with Crippen LogP contribution in [0.5, 0.6) is 0 Å². The van der Waals surface area contributed by atoms with Crippen molar-refractivity contribution in [2.75, 3.05) is 18.3 Å². The molecule has 16 heavy (non-hydrogen) atoms. The number of hydrogen-bond donors (Lipinski definition) is 0. The SMILES string of the molecule is Cn1c(C(=O)C[S+](C)C)nc2ccccc21. The molecule has 0 aliphatic heterocycles. The van der Waals surface area contributed by atoms with Gasteiger partial charge in [0.05, 0.1) is 23.5 Å². The van der Waals surface area contributed by atoms with Gasteiger partial charge in [-0.1, -0.05) is 12.1 Å². The zero-order chi connectivity index (χ0) is 11.7. The molecule has 4 heteroatoms. The highest BCUT2D eigenvalue weighted by Crippen LogP contribution is 2.14. The molecule has 0 aliphatic carbocycles. The smallest absolute Gasteiger partial charge is 0.247 e. The van der Waals surface area contributed by atoms with E-state index in [4.69, 9.17) is 0 Å². The van der Waals surface area contributed by atoms with Crippen LogP contribution in [0.1, 0.15) is 10.6 Å². The van der Waals surface area contributed by atoms with Gasteiger partial charge in [-0.2, -0.15) is 0 Å². The summed E-state index contributed by atoms with van der Waals surface area (Å²) in [4.78, 5) is 16.4. The Morgan fingerprint density at radius 2 is 2.06 bits per heavy atom. The van der Waals surface area contributed by atoms with Crippen molar-refractivity contribution in [2.45, 2.75) is 0 Å². The number of benzene rings is 1. The zero-order valence-electron chi connectivity index (χ0n) is 9.73. The van der Waals surface area contributed by atoms with E-state index in [9.17, 15) is 4.79 Å². The first-order valence-electron chi connectivity index (χ1n) is 5.08. The van der Waals surface area contributed by atoms with E-state index in [1.807, 2.05) is 35.9 Å². The Bertz CT molecular complexity index is 531. The Hall–Kier alpha value is -1.29. The first-order chi connectivity index (χ1) is 7.59. The molecule has 0 atom stereocenters. The number of aryl methyl sites for hydroxylation is 1. The quantitative estimate of drug-likeness (QED) is 0.599. The first kappa shape index (κ1) is 11.2. The predicted molar refractivity (Wildman–Crippen MR) is 69.1 cm³/mol. The summed E-state index contributed by atoms with van der Waals surface area (Å²) < 4.78 is 1.88. The second-order valence-electron chi connectivity index (χ2n) is 4.04. The fourth-order valence-corrected chi connectivity index (χ4v) is 2.38. The minimum atomic E-state index is 0.121. The Balaban J connectivity index is 2.45. The van der Waals surface area contributed by atoms with E-state index in [2.05, 4.69) is 17.5 Å². The molecular weight excluding hydrogens is 220 g/mol. The van der Waals surface area contributed by atoms with Crippen molar-refractivity contribution in [3.8, 4) is 0 Å². The third kappa shape index (κ3) is 1.97. The van der Waals surface area contributed by atoms with E-state index in [1.54, 1.807) is 0 Å². The molecule has 0 amide bonds. The van der Waals surface area contributed by atoms with Gasteiger partial charge in [-0.05, 0) is 23.0 Å². The van der Waals surface area contributed by atoms with Crippen molar-refractivity contribution >= 4 is 27.7 Å². The lowest BCUT2D eigenvalue weighted by atomic mass is 10.3. The monoisotopic (exact) mass is 235 g/mol. The summed E-state index contributed by atoms with van der Waals surface area (Å²) in [6, 6.07) is 7.82. The lowest BCUT2D eigenvalue weighted by Crippen LogP contribution is -2.17. The normalized spacial score (nSPS) is 11.2. The number of Topliss-reactive ketones (excluding diaryl/α,β-unsaturated/α-hetero) is 1. The molecule has 0 aliphatic rings. The van der Waals surface area contributed by atoms with Crippen LogP contribution in [0.4, 0.5) is 0 Å². The number of fused-ring (bicyclic) bond motifs is 1. The average Bonchev–Trinajstić information content (AvgIpc) is 2.56. The molecule has 0 radical (unpaired) electrons. The highest BCUT2D eigenvalue weighted by Gasteiger charge is 2.19. The molecule has 3 nitrogen and oxygen atoms in total. The first-order valence-corrected chi connectivity index (χ1v) is 7.29. The molecule has 84 valence electrons. The standard InChI is InChI=1S/C12H15N2OS/c1-14-10-7-5-4-6-9(10)13-12(14)11(15)8-16(2)3/h4-7H,8H2,1-3H3/q+1. The van der Waals surface area contributed by atoms with Crippen LogP contribution in [0.15, 0.2) is 24.3 Å². The van der Waals surface area contributed by atoms with Crippen LogP contribution in [-0.4, -0.2) is 33.6 Å². The van der Waals surface area contributed by atoms with Crippen LogP contribution in [0.25, 0.3) is 11.0 Å². The maximum Gasteiger partial charge on any atom is 0.247 e. The van der Waals surface area contributed by atoms with Crippen LogP contribution in [0.2, 0.25) is 0 Å². The second-order valence-corrected chi connectivity index (χ2v) is 6.30. The largest absolute Gasteiger partial charge is 0.324 e. The maximum atomic E-state index is 12.0. The van der Waals surface area contributed by atoms with Crippen molar-refractivity contribution in [2.24, 2.45) is 7.05 Å². The number of hydrogen-bond acceptors (Lipinski definition) is 2. The fourth-order valence-electron chi connectivity index (χ4n) is 1.72. The van der Waals surface area contributed by atoms with Gasteiger partial charge in [-0.25, -0.2) is 4.98 Å². The van der Waals surface area contributed by atoms with Crippen molar-refractivity contribution in [3.05, 3.63) is 30.1 Å². The van der Waals surface area contributed by atoms with Gasteiger partial charge < -0.3 is 4.57 Å².